The van der Waals surface area contributed by atoms with Crippen molar-refractivity contribution in [2.24, 2.45) is 0 Å². The molecule has 0 amide bonds. The Kier molecular flexibility index (Phi) is 5.67. The molecule has 0 unspecified atom stereocenters. The Labute approximate surface area is 175 Å². The van der Waals surface area contributed by atoms with Crippen LogP contribution in [0.15, 0.2) is 42.5 Å². The highest BCUT2D eigenvalue weighted by atomic mass is 35.5. The Morgan fingerprint density at radius 1 is 1.03 bits per heavy atom. The first-order chi connectivity index (χ1) is 14.5. The predicted molar refractivity (Wildman–Crippen MR) is 109 cm³/mol. The number of carbonyl (C=O) groups excluding carboxylic acids is 2. The molecule has 0 bridgehead atoms. The van der Waals surface area contributed by atoms with Gasteiger partial charge in [0.05, 0.1) is 6.42 Å². The third-order valence-electron chi connectivity index (χ3n) is 4.84. The van der Waals surface area contributed by atoms with E-state index in [9.17, 15) is 14.0 Å². The molecule has 0 aliphatic rings. The number of nitrogens with one attached hydrogen (secondary N) is 2. The molecule has 2 aromatic carbocycles. The molecule has 4 rings (SSSR count). The maximum atomic E-state index is 13.1. The summed E-state index contributed by atoms with van der Waals surface area (Å²) in [6.45, 7) is 0. The number of hydrogen-bond acceptors (Lipinski definition) is 5. The van der Waals surface area contributed by atoms with Gasteiger partial charge in [-0.15, -0.1) is 10.2 Å². The fourth-order valence-corrected chi connectivity index (χ4v) is 3.61. The molecule has 0 spiro atoms. The number of rotatable bonds is 8. The lowest BCUT2D eigenvalue weighted by molar-refractivity contribution is 0.0889. The van der Waals surface area contributed by atoms with E-state index in [1.54, 1.807) is 30.3 Å². The topological polar surface area (TPSA) is 104 Å². The van der Waals surface area contributed by atoms with E-state index in [1.807, 2.05) is 0 Å². The molecular weight excluding hydrogens is 409 g/mol. The van der Waals surface area contributed by atoms with Crippen LogP contribution < -0.4 is 0 Å². The average molecular weight is 426 g/mol. The minimum atomic E-state index is -0.512. The largest absolute Gasteiger partial charge is 0.358 e. The van der Waals surface area contributed by atoms with Crippen LogP contribution in [0.25, 0.3) is 10.9 Å². The summed E-state index contributed by atoms with van der Waals surface area (Å²) in [7, 11) is 0. The van der Waals surface area contributed by atoms with Crippen molar-refractivity contribution in [1.29, 1.82) is 0 Å². The van der Waals surface area contributed by atoms with Gasteiger partial charge in [0.2, 0.25) is 11.6 Å². The summed E-state index contributed by atoms with van der Waals surface area (Å²) in [6.07, 6.45) is 1.68. The van der Waals surface area contributed by atoms with Gasteiger partial charge in [0.15, 0.2) is 5.78 Å². The van der Waals surface area contributed by atoms with Gasteiger partial charge in [-0.3, -0.25) is 9.59 Å². The first-order valence-electron chi connectivity index (χ1n) is 9.35. The van der Waals surface area contributed by atoms with Crippen molar-refractivity contribution in [2.75, 3.05) is 0 Å². The number of fused-ring (bicyclic) bond motifs is 1. The van der Waals surface area contributed by atoms with E-state index in [0.29, 0.717) is 22.4 Å². The molecule has 152 valence electrons. The van der Waals surface area contributed by atoms with E-state index in [1.165, 1.54) is 12.1 Å². The van der Waals surface area contributed by atoms with Crippen molar-refractivity contribution < 1.29 is 14.0 Å². The van der Waals surface area contributed by atoms with Crippen LogP contribution in [0, 0.1) is 5.82 Å². The number of Topliss-reactive ketones (excluding diaryl/α,β-unsaturated/α-hetero) is 2. The molecule has 30 heavy (non-hydrogen) atoms. The van der Waals surface area contributed by atoms with E-state index < -0.39 is 5.78 Å². The number of carbonyl (C=O) groups is 2. The van der Waals surface area contributed by atoms with Crippen LogP contribution in [0.3, 0.4) is 0 Å². The quantitative estimate of drug-likeness (QED) is 0.326. The maximum absolute atomic E-state index is 13.1. The number of tetrazole rings is 1. The number of benzene rings is 2. The number of nitrogens with zero attached hydrogens (tertiary/aromatic N) is 3. The summed E-state index contributed by atoms with van der Waals surface area (Å²) >= 11 is 6.13. The van der Waals surface area contributed by atoms with Crippen molar-refractivity contribution in [3.8, 4) is 0 Å². The first-order valence-corrected chi connectivity index (χ1v) is 9.73. The van der Waals surface area contributed by atoms with Gasteiger partial charge in [-0.05, 0) is 60.4 Å². The molecule has 2 N–H and O–H groups in total. The van der Waals surface area contributed by atoms with Crippen LogP contribution >= 0.6 is 11.6 Å². The lowest BCUT2D eigenvalue weighted by Gasteiger charge is -2.05. The van der Waals surface area contributed by atoms with Gasteiger partial charge >= 0.3 is 0 Å². The van der Waals surface area contributed by atoms with Crippen molar-refractivity contribution in [3.05, 3.63) is 75.9 Å². The van der Waals surface area contributed by atoms with E-state index in [2.05, 4.69) is 25.6 Å². The molecule has 0 aliphatic carbocycles. The monoisotopic (exact) mass is 425 g/mol. The van der Waals surface area contributed by atoms with Crippen molar-refractivity contribution >= 4 is 34.1 Å². The Morgan fingerprint density at radius 3 is 2.57 bits per heavy atom. The smallest absolute Gasteiger partial charge is 0.240 e. The lowest BCUT2D eigenvalue weighted by atomic mass is 9.99. The Hall–Kier alpha value is -3.39. The van der Waals surface area contributed by atoms with Gasteiger partial charge in [0.25, 0.3) is 0 Å². The SMILES string of the molecule is O=C(CC(=O)c1c(CCCc2ccc(F)cc2)[nH]c2ccc(Cl)cc12)c1nn[nH]n1. The maximum Gasteiger partial charge on any atom is 0.240 e. The number of halogens is 2. The molecule has 0 saturated heterocycles. The fourth-order valence-electron chi connectivity index (χ4n) is 3.44. The molecule has 0 fully saturated rings. The Morgan fingerprint density at radius 2 is 1.83 bits per heavy atom. The molecule has 2 heterocycles. The number of H-pyrrole nitrogens is 2. The second-order valence-corrected chi connectivity index (χ2v) is 7.34. The van der Waals surface area contributed by atoms with E-state index in [-0.39, 0.29) is 23.8 Å². The van der Waals surface area contributed by atoms with Crippen molar-refractivity contribution in [2.45, 2.75) is 25.7 Å². The van der Waals surface area contributed by atoms with E-state index in [4.69, 9.17) is 11.6 Å². The normalized spacial score (nSPS) is 11.1. The fraction of sp³-hybridized carbons (Fsp3) is 0.190. The highest BCUT2D eigenvalue weighted by Crippen LogP contribution is 2.28. The standard InChI is InChI=1S/C21H17ClFN5O2/c22-13-6-9-16-15(10-13)20(18(29)11-19(30)21-25-27-28-26-21)17(24-16)3-1-2-12-4-7-14(23)8-5-12/h4-10,24H,1-3,11H2,(H,25,26,27,28). The van der Waals surface area contributed by atoms with Gasteiger partial charge in [0.1, 0.15) is 5.82 Å². The van der Waals surface area contributed by atoms with Gasteiger partial charge in [0, 0.05) is 27.2 Å². The van der Waals surface area contributed by atoms with Gasteiger partial charge in [-0.1, -0.05) is 23.7 Å². The lowest BCUT2D eigenvalue weighted by Crippen LogP contribution is -2.12. The minimum absolute atomic E-state index is 0.126. The minimum Gasteiger partial charge on any atom is -0.358 e. The van der Waals surface area contributed by atoms with E-state index in [0.717, 1.165) is 29.6 Å². The number of ketones is 2. The average Bonchev–Trinajstić information content (AvgIpc) is 3.37. The number of hydrogen-bond donors (Lipinski definition) is 2. The van der Waals surface area contributed by atoms with Gasteiger partial charge in [-0.2, -0.15) is 5.21 Å². The molecule has 0 aliphatic heterocycles. The zero-order valence-corrected chi connectivity index (χ0v) is 16.5. The van der Waals surface area contributed by atoms with Crippen molar-refractivity contribution in [3.63, 3.8) is 0 Å². The summed E-state index contributed by atoms with van der Waals surface area (Å²) in [4.78, 5) is 28.6. The Balaban J connectivity index is 1.57. The molecule has 0 radical (unpaired) electrons. The third kappa shape index (κ3) is 4.28. The van der Waals surface area contributed by atoms with Crippen LogP contribution in [0.4, 0.5) is 4.39 Å². The first kappa shape index (κ1) is 19.9. The second kappa shape index (κ2) is 8.54. The van der Waals surface area contributed by atoms with Crippen LogP contribution in [0.2, 0.25) is 5.02 Å². The summed E-state index contributed by atoms with van der Waals surface area (Å²) in [5, 5.41) is 14.0. The number of aromatic nitrogens is 5. The van der Waals surface area contributed by atoms with E-state index >= 15 is 0 Å². The summed E-state index contributed by atoms with van der Waals surface area (Å²) in [5.41, 5.74) is 2.96. The molecule has 0 atom stereocenters. The highest BCUT2D eigenvalue weighted by Gasteiger charge is 2.23. The molecule has 2 aromatic heterocycles. The van der Waals surface area contributed by atoms with Crippen molar-refractivity contribution in [1.82, 2.24) is 25.6 Å². The zero-order chi connectivity index (χ0) is 21.1. The molecule has 7 nitrogen and oxygen atoms in total. The van der Waals surface area contributed by atoms with Crippen LogP contribution in [0.1, 0.15) is 45.1 Å². The number of aromatic amines is 2. The summed E-state index contributed by atoms with van der Waals surface area (Å²) in [6, 6.07) is 11.6. The predicted octanol–water partition coefficient (Wildman–Crippen LogP) is 4.10. The van der Waals surface area contributed by atoms with Crippen LogP contribution in [-0.2, 0) is 12.8 Å². The molecular formula is C21H17ClFN5O2. The third-order valence-corrected chi connectivity index (χ3v) is 5.07. The highest BCUT2D eigenvalue weighted by molar-refractivity contribution is 6.31. The molecule has 9 heteroatoms. The summed E-state index contributed by atoms with van der Waals surface area (Å²) in [5.74, 6) is -1.25. The second-order valence-electron chi connectivity index (χ2n) is 6.91. The van der Waals surface area contributed by atoms with Crippen LogP contribution in [0.5, 0.6) is 0 Å². The van der Waals surface area contributed by atoms with Crippen LogP contribution in [-0.4, -0.2) is 37.2 Å². The zero-order valence-electron chi connectivity index (χ0n) is 15.8. The molecule has 4 aromatic rings. The van der Waals surface area contributed by atoms with Gasteiger partial charge in [-0.25, -0.2) is 4.39 Å². The Bertz CT molecular complexity index is 1200. The number of aryl methyl sites for hydroxylation is 2. The summed E-state index contributed by atoms with van der Waals surface area (Å²) < 4.78 is 13.1. The molecule has 0 saturated carbocycles. The van der Waals surface area contributed by atoms with Gasteiger partial charge < -0.3 is 4.98 Å².